The van der Waals surface area contributed by atoms with Gasteiger partial charge in [-0.05, 0) is 43.5 Å². The molecule has 142 valence electrons. The van der Waals surface area contributed by atoms with Gasteiger partial charge in [0.2, 0.25) is 5.91 Å². The number of rotatable bonds is 6. The molecule has 0 radical (unpaired) electrons. The van der Waals surface area contributed by atoms with Crippen molar-refractivity contribution in [2.45, 2.75) is 31.6 Å². The van der Waals surface area contributed by atoms with Crippen LogP contribution < -0.4 is 0 Å². The van der Waals surface area contributed by atoms with E-state index in [1.54, 1.807) is 12.1 Å². The number of carboxylic acids is 1. The molecule has 2 heterocycles. The summed E-state index contributed by atoms with van der Waals surface area (Å²) in [5, 5.41) is 9.01. The third-order valence-electron chi connectivity index (χ3n) is 5.37. The summed E-state index contributed by atoms with van der Waals surface area (Å²) in [5.74, 6) is -0.364. The number of aromatic carboxylic acids is 1. The van der Waals surface area contributed by atoms with Crippen molar-refractivity contribution >= 4 is 11.9 Å². The van der Waals surface area contributed by atoms with Gasteiger partial charge in [-0.2, -0.15) is 0 Å². The normalized spacial score (nSPS) is 21.5. The molecule has 0 aliphatic carbocycles. The third kappa shape index (κ3) is 5.05. The highest BCUT2D eigenvalue weighted by Gasteiger charge is 2.24. The van der Waals surface area contributed by atoms with Crippen molar-refractivity contribution in [1.82, 2.24) is 9.80 Å². The van der Waals surface area contributed by atoms with Gasteiger partial charge in [-0.15, -0.1) is 0 Å². The summed E-state index contributed by atoms with van der Waals surface area (Å²) in [6.07, 6.45) is 3.54. The summed E-state index contributed by atoms with van der Waals surface area (Å²) < 4.78 is 5.35. The van der Waals surface area contributed by atoms with Gasteiger partial charge in [0.25, 0.3) is 0 Å². The number of carboxylic acid groups (broad SMARTS) is 1. The van der Waals surface area contributed by atoms with Gasteiger partial charge in [0.15, 0.2) is 0 Å². The lowest BCUT2D eigenvalue weighted by molar-refractivity contribution is -0.132. The molecule has 1 amide bonds. The Kier molecular flexibility index (Phi) is 6.63. The molecule has 0 unspecified atom stereocenters. The van der Waals surface area contributed by atoms with Crippen molar-refractivity contribution in [3.63, 3.8) is 0 Å². The number of hydrogen-bond acceptors (Lipinski definition) is 4. The zero-order valence-electron chi connectivity index (χ0n) is 15.2. The molecule has 0 aromatic heterocycles. The minimum absolute atomic E-state index is 0.241. The zero-order chi connectivity index (χ0) is 18.4. The molecular weight excluding hydrogens is 332 g/mol. The maximum atomic E-state index is 12.6. The van der Waals surface area contributed by atoms with Gasteiger partial charge in [-0.3, -0.25) is 9.69 Å². The second kappa shape index (κ2) is 9.14. The summed E-state index contributed by atoms with van der Waals surface area (Å²) >= 11 is 0. The highest BCUT2D eigenvalue weighted by atomic mass is 16.5. The number of hydrogen-bond donors (Lipinski definition) is 1. The van der Waals surface area contributed by atoms with Crippen molar-refractivity contribution in [3.8, 4) is 0 Å². The van der Waals surface area contributed by atoms with E-state index in [-0.39, 0.29) is 5.91 Å². The highest BCUT2D eigenvalue weighted by Crippen LogP contribution is 2.27. The molecule has 6 heteroatoms. The Hall–Kier alpha value is -1.92. The van der Waals surface area contributed by atoms with Gasteiger partial charge in [-0.25, -0.2) is 4.79 Å². The molecule has 2 fully saturated rings. The Bertz CT molecular complexity index is 611. The topological polar surface area (TPSA) is 70.1 Å². The number of morpholine rings is 1. The van der Waals surface area contributed by atoms with E-state index in [0.29, 0.717) is 17.9 Å². The molecule has 0 saturated carbocycles. The van der Waals surface area contributed by atoms with E-state index >= 15 is 0 Å². The zero-order valence-corrected chi connectivity index (χ0v) is 15.2. The maximum Gasteiger partial charge on any atom is 0.335 e. The number of piperidine rings is 1. The first-order valence-corrected chi connectivity index (χ1v) is 9.54. The fourth-order valence-corrected chi connectivity index (χ4v) is 3.81. The second-order valence-corrected chi connectivity index (χ2v) is 7.16. The molecule has 3 rings (SSSR count). The Morgan fingerprint density at radius 1 is 1.12 bits per heavy atom. The fraction of sp³-hybridized carbons (Fsp3) is 0.600. The standard InChI is InChI=1S/C20H28N2O4/c23-19(4-2-9-21-11-13-26-14-12-21)22-10-1-3-18(15-22)16-5-7-17(8-6-16)20(24)25/h5-8,18H,1-4,9-15H2,(H,24,25)/t18-/m1/s1. The van der Waals surface area contributed by atoms with Crippen LogP contribution in [0.1, 0.15) is 47.5 Å². The van der Waals surface area contributed by atoms with Gasteiger partial charge in [0.1, 0.15) is 0 Å². The Balaban J connectivity index is 1.47. The predicted octanol–water partition coefficient (Wildman–Crippen LogP) is 2.20. The number of likely N-dealkylation sites (tertiary alicyclic amines) is 1. The fourth-order valence-electron chi connectivity index (χ4n) is 3.81. The van der Waals surface area contributed by atoms with E-state index in [0.717, 1.165) is 70.8 Å². The summed E-state index contributed by atoms with van der Waals surface area (Å²) in [6, 6.07) is 7.09. The average molecular weight is 360 g/mol. The predicted molar refractivity (Wildman–Crippen MR) is 98.4 cm³/mol. The van der Waals surface area contributed by atoms with E-state index in [4.69, 9.17) is 9.84 Å². The third-order valence-corrected chi connectivity index (χ3v) is 5.37. The molecule has 6 nitrogen and oxygen atoms in total. The molecule has 0 bridgehead atoms. The largest absolute Gasteiger partial charge is 0.478 e. The van der Waals surface area contributed by atoms with E-state index in [1.807, 2.05) is 17.0 Å². The van der Waals surface area contributed by atoms with E-state index in [9.17, 15) is 9.59 Å². The smallest absolute Gasteiger partial charge is 0.335 e. The van der Waals surface area contributed by atoms with Gasteiger partial charge in [0, 0.05) is 38.5 Å². The van der Waals surface area contributed by atoms with Crippen LogP contribution in [0.3, 0.4) is 0 Å². The molecule has 1 aromatic carbocycles. The Labute approximate surface area is 154 Å². The van der Waals surface area contributed by atoms with Crippen molar-refractivity contribution in [2.24, 2.45) is 0 Å². The van der Waals surface area contributed by atoms with Crippen LogP contribution in [-0.4, -0.2) is 72.7 Å². The molecule has 26 heavy (non-hydrogen) atoms. The quantitative estimate of drug-likeness (QED) is 0.842. The molecule has 1 N–H and O–H groups in total. The minimum atomic E-state index is -0.905. The Morgan fingerprint density at radius 3 is 2.54 bits per heavy atom. The SMILES string of the molecule is O=C(O)c1ccc([C@@H]2CCCN(C(=O)CCCN3CCOCC3)C2)cc1. The van der Waals surface area contributed by atoms with Gasteiger partial charge >= 0.3 is 5.97 Å². The van der Waals surface area contributed by atoms with Crippen molar-refractivity contribution in [3.05, 3.63) is 35.4 Å². The van der Waals surface area contributed by atoms with E-state index in [2.05, 4.69) is 4.90 Å². The van der Waals surface area contributed by atoms with Crippen molar-refractivity contribution < 1.29 is 19.4 Å². The summed E-state index contributed by atoms with van der Waals surface area (Å²) in [4.78, 5) is 27.9. The van der Waals surface area contributed by atoms with Gasteiger partial charge in [-0.1, -0.05) is 12.1 Å². The molecule has 1 aromatic rings. The second-order valence-electron chi connectivity index (χ2n) is 7.16. The van der Waals surface area contributed by atoms with Crippen LogP contribution in [0.4, 0.5) is 0 Å². The number of carbonyl (C=O) groups excluding carboxylic acids is 1. The molecule has 0 spiro atoms. The first kappa shape index (κ1) is 18.9. The maximum absolute atomic E-state index is 12.6. The monoisotopic (exact) mass is 360 g/mol. The van der Waals surface area contributed by atoms with Gasteiger partial charge in [0.05, 0.1) is 18.8 Å². The van der Waals surface area contributed by atoms with Crippen LogP contribution in [-0.2, 0) is 9.53 Å². The summed E-state index contributed by atoms with van der Waals surface area (Å²) in [6.45, 7) is 6.05. The van der Waals surface area contributed by atoms with Crippen LogP contribution >= 0.6 is 0 Å². The van der Waals surface area contributed by atoms with Crippen LogP contribution in [0.2, 0.25) is 0 Å². The van der Waals surface area contributed by atoms with E-state index in [1.165, 1.54) is 0 Å². The average Bonchev–Trinajstić information content (AvgIpc) is 2.69. The highest BCUT2D eigenvalue weighted by molar-refractivity contribution is 5.87. The molecular formula is C20H28N2O4. The number of amides is 1. The number of benzene rings is 1. The molecule has 2 saturated heterocycles. The van der Waals surface area contributed by atoms with Crippen LogP contribution in [0, 0.1) is 0 Å². The van der Waals surface area contributed by atoms with E-state index < -0.39 is 5.97 Å². The van der Waals surface area contributed by atoms with Crippen molar-refractivity contribution in [2.75, 3.05) is 45.9 Å². The number of carbonyl (C=O) groups is 2. The van der Waals surface area contributed by atoms with Gasteiger partial charge < -0.3 is 14.7 Å². The Morgan fingerprint density at radius 2 is 1.85 bits per heavy atom. The molecule has 2 aliphatic rings. The van der Waals surface area contributed by atoms with Crippen LogP contribution in [0.5, 0.6) is 0 Å². The molecule has 2 aliphatic heterocycles. The molecule has 1 atom stereocenters. The summed E-state index contributed by atoms with van der Waals surface area (Å²) in [5.41, 5.74) is 1.43. The lowest BCUT2D eigenvalue weighted by atomic mass is 9.90. The van der Waals surface area contributed by atoms with Crippen LogP contribution in [0.15, 0.2) is 24.3 Å². The summed E-state index contributed by atoms with van der Waals surface area (Å²) in [7, 11) is 0. The number of nitrogens with zero attached hydrogens (tertiary/aromatic N) is 2. The first-order chi connectivity index (χ1) is 12.6. The lowest BCUT2D eigenvalue weighted by Crippen LogP contribution is -2.40. The first-order valence-electron chi connectivity index (χ1n) is 9.54. The van der Waals surface area contributed by atoms with Crippen LogP contribution in [0.25, 0.3) is 0 Å². The minimum Gasteiger partial charge on any atom is -0.478 e. The number of ether oxygens (including phenoxy) is 1. The van der Waals surface area contributed by atoms with Crippen molar-refractivity contribution in [1.29, 1.82) is 0 Å². The lowest BCUT2D eigenvalue weighted by Gasteiger charge is -2.33.